The second-order valence-corrected chi connectivity index (χ2v) is 6.57. The molecular formula is C20H18ClF2N3O. The first-order chi connectivity index (χ1) is 13.0. The van der Waals surface area contributed by atoms with Crippen molar-refractivity contribution in [3.8, 4) is 11.4 Å². The average Bonchev–Trinajstić information content (AvgIpc) is 3.05. The van der Waals surface area contributed by atoms with E-state index in [4.69, 9.17) is 11.6 Å². The minimum Gasteiger partial charge on any atom is -0.298 e. The molecule has 2 aromatic carbocycles. The van der Waals surface area contributed by atoms with Crippen molar-refractivity contribution < 1.29 is 13.6 Å². The molecule has 0 bridgehead atoms. The summed E-state index contributed by atoms with van der Waals surface area (Å²) in [5.74, 6) is 0.0894. The van der Waals surface area contributed by atoms with Crippen molar-refractivity contribution in [3.63, 3.8) is 0 Å². The molecule has 7 heteroatoms. The van der Waals surface area contributed by atoms with Crippen LogP contribution in [0.1, 0.15) is 24.7 Å². The van der Waals surface area contributed by atoms with Crippen LogP contribution in [0.4, 0.5) is 8.78 Å². The molecule has 0 atom stereocenters. The van der Waals surface area contributed by atoms with Gasteiger partial charge in [0.15, 0.2) is 11.6 Å². The number of carbonyl (C=O) groups excluding carboxylic acids is 1. The number of rotatable bonds is 7. The molecule has 0 aliphatic heterocycles. The highest BCUT2D eigenvalue weighted by Gasteiger charge is 2.14. The van der Waals surface area contributed by atoms with Gasteiger partial charge in [-0.05, 0) is 42.3 Å². The molecule has 1 heterocycles. The minimum atomic E-state index is -0.547. The third-order valence-electron chi connectivity index (χ3n) is 4.15. The number of Topliss-reactive ketones (excluding diaryl/α,β-unsaturated/α-hetero) is 1. The fraction of sp³-hybridized carbons (Fsp3) is 0.250. The Labute approximate surface area is 160 Å². The van der Waals surface area contributed by atoms with Crippen molar-refractivity contribution in [1.82, 2.24) is 14.8 Å². The lowest BCUT2D eigenvalue weighted by Crippen LogP contribution is -2.14. The molecule has 27 heavy (non-hydrogen) atoms. The summed E-state index contributed by atoms with van der Waals surface area (Å²) in [6.07, 6.45) is 1.32. The van der Waals surface area contributed by atoms with Crippen LogP contribution < -0.4 is 0 Å². The zero-order chi connectivity index (χ0) is 19.4. The van der Waals surface area contributed by atoms with E-state index in [1.165, 1.54) is 28.9 Å². The lowest BCUT2D eigenvalue weighted by Gasteiger charge is -2.04. The predicted molar refractivity (Wildman–Crippen MR) is 99.5 cm³/mol. The smallest absolute Gasteiger partial charge is 0.181 e. The van der Waals surface area contributed by atoms with Crippen LogP contribution >= 0.6 is 11.6 Å². The van der Waals surface area contributed by atoms with Crippen LogP contribution in [0.2, 0.25) is 5.02 Å². The van der Waals surface area contributed by atoms with Gasteiger partial charge in [0.25, 0.3) is 0 Å². The Kier molecular flexibility index (Phi) is 5.96. The topological polar surface area (TPSA) is 47.8 Å². The Bertz CT molecular complexity index is 972. The van der Waals surface area contributed by atoms with Gasteiger partial charge in [0.05, 0.1) is 5.02 Å². The summed E-state index contributed by atoms with van der Waals surface area (Å²) in [4.78, 5) is 16.7. The lowest BCUT2D eigenvalue weighted by molar-refractivity contribution is -0.119. The molecule has 0 radical (unpaired) electrons. The highest BCUT2D eigenvalue weighted by Crippen LogP contribution is 2.22. The quantitative estimate of drug-likeness (QED) is 0.591. The summed E-state index contributed by atoms with van der Waals surface area (Å²) in [7, 11) is 0. The molecule has 0 saturated carbocycles. The molecule has 140 valence electrons. The van der Waals surface area contributed by atoms with Gasteiger partial charge >= 0.3 is 0 Å². The standard InChI is InChI=1S/C20H18ClF2N3O/c1-2-19-24-20(14-7-9-17(21)18(23)11-14)25-26(19)12-16(27)8-6-13-4-3-5-15(22)10-13/h3-5,7,9-11H,2,6,8,12H2,1H3. The number of ketones is 1. The van der Waals surface area contributed by atoms with Gasteiger partial charge in [0, 0.05) is 18.4 Å². The molecular weight excluding hydrogens is 372 g/mol. The largest absolute Gasteiger partial charge is 0.298 e. The number of nitrogens with zero attached hydrogens (tertiary/aromatic N) is 3. The number of benzene rings is 2. The first-order valence-corrected chi connectivity index (χ1v) is 8.99. The van der Waals surface area contributed by atoms with Crippen LogP contribution in [0.15, 0.2) is 42.5 Å². The summed E-state index contributed by atoms with van der Waals surface area (Å²) >= 11 is 5.71. The molecule has 3 aromatic rings. The van der Waals surface area contributed by atoms with Gasteiger partial charge in [-0.15, -0.1) is 0 Å². The van der Waals surface area contributed by atoms with E-state index < -0.39 is 5.82 Å². The normalized spacial score (nSPS) is 11.0. The second-order valence-electron chi connectivity index (χ2n) is 6.16. The van der Waals surface area contributed by atoms with Crippen molar-refractivity contribution in [3.05, 3.63) is 70.5 Å². The molecule has 0 unspecified atom stereocenters. The van der Waals surface area contributed by atoms with Crippen molar-refractivity contribution in [2.45, 2.75) is 32.7 Å². The number of aryl methyl sites for hydroxylation is 2. The number of halogens is 3. The molecule has 0 aliphatic carbocycles. The van der Waals surface area contributed by atoms with Crippen LogP contribution in [-0.2, 0) is 24.2 Å². The average molecular weight is 390 g/mol. The molecule has 1 aromatic heterocycles. The van der Waals surface area contributed by atoms with Gasteiger partial charge in [-0.3, -0.25) is 4.79 Å². The molecule has 0 N–H and O–H groups in total. The Balaban J connectivity index is 1.71. The van der Waals surface area contributed by atoms with Gasteiger partial charge in [-0.2, -0.15) is 5.10 Å². The number of carbonyl (C=O) groups is 1. The van der Waals surface area contributed by atoms with E-state index in [1.807, 2.05) is 6.92 Å². The third-order valence-corrected chi connectivity index (χ3v) is 4.46. The Morgan fingerprint density at radius 2 is 2.00 bits per heavy atom. The van der Waals surface area contributed by atoms with Crippen LogP contribution in [-0.4, -0.2) is 20.5 Å². The van der Waals surface area contributed by atoms with Gasteiger partial charge in [0.1, 0.15) is 24.0 Å². The summed E-state index contributed by atoms with van der Waals surface area (Å²) in [6.45, 7) is 1.98. The fourth-order valence-electron chi connectivity index (χ4n) is 2.74. The third kappa shape index (κ3) is 4.77. The minimum absolute atomic E-state index is 0.0291. The zero-order valence-corrected chi connectivity index (χ0v) is 15.5. The Morgan fingerprint density at radius 1 is 1.19 bits per heavy atom. The maximum atomic E-state index is 13.7. The lowest BCUT2D eigenvalue weighted by atomic mass is 10.1. The molecule has 4 nitrogen and oxygen atoms in total. The molecule has 0 amide bonds. The van der Waals surface area contributed by atoms with Gasteiger partial charge < -0.3 is 0 Å². The molecule has 0 saturated heterocycles. The summed E-state index contributed by atoms with van der Waals surface area (Å²) in [6, 6.07) is 10.6. The van der Waals surface area contributed by atoms with Gasteiger partial charge in [-0.25, -0.2) is 18.4 Å². The Morgan fingerprint density at radius 3 is 2.70 bits per heavy atom. The highest BCUT2D eigenvalue weighted by molar-refractivity contribution is 6.30. The maximum Gasteiger partial charge on any atom is 0.181 e. The van der Waals surface area contributed by atoms with Crippen LogP contribution in [0.3, 0.4) is 0 Å². The van der Waals surface area contributed by atoms with Crippen LogP contribution in [0.25, 0.3) is 11.4 Å². The van der Waals surface area contributed by atoms with E-state index >= 15 is 0 Å². The van der Waals surface area contributed by atoms with Crippen LogP contribution in [0.5, 0.6) is 0 Å². The zero-order valence-electron chi connectivity index (χ0n) is 14.8. The van der Waals surface area contributed by atoms with Gasteiger partial charge in [0.2, 0.25) is 0 Å². The maximum absolute atomic E-state index is 13.7. The first kappa shape index (κ1) is 19.2. The highest BCUT2D eigenvalue weighted by atomic mass is 35.5. The van der Waals surface area contributed by atoms with Crippen molar-refractivity contribution in [2.24, 2.45) is 0 Å². The van der Waals surface area contributed by atoms with Gasteiger partial charge in [-0.1, -0.05) is 30.7 Å². The summed E-state index contributed by atoms with van der Waals surface area (Å²) < 4.78 is 28.4. The number of hydrogen-bond acceptors (Lipinski definition) is 3. The van der Waals surface area contributed by atoms with E-state index in [0.717, 1.165) is 5.56 Å². The Hall–Kier alpha value is -2.60. The summed E-state index contributed by atoms with van der Waals surface area (Å²) in [5, 5.41) is 4.38. The van der Waals surface area contributed by atoms with E-state index in [1.54, 1.807) is 18.2 Å². The first-order valence-electron chi connectivity index (χ1n) is 8.61. The monoisotopic (exact) mass is 389 g/mol. The fourth-order valence-corrected chi connectivity index (χ4v) is 2.86. The molecule has 0 aliphatic rings. The number of aromatic nitrogens is 3. The van der Waals surface area contributed by atoms with E-state index in [2.05, 4.69) is 10.1 Å². The van der Waals surface area contributed by atoms with Crippen LogP contribution in [0, 0.1) is 11.6 Å². The molecule has 0 fully saturated rings. The molecule has 3 rings (SSSR count). The predicted octanol–water partition coefficient (Wildman–Crippen LogP) is 4.64. The van der Waals surface area contributed by atoms with E-state index in [-0.39, 0.29) is 29.6 Å². The van der Waals surface area contributed by atoms with Crippen molar-refractivity contribution in [1.29, 1.82) is 0 Å². The van der Waals surface area contributed by atoms with Crippen molar-refractivity contribution in [2.75, 3.05) is 0 Å². The van der Waals surface area contributed by atoms with E-state index in [9.17, 15) is 13.6 Å². The van der Waals surface area contributed by atoms with Crippen molar-refractivity contribution >= 4 is 17.4 Å². The molecule has 0 spiro atoms. The SMILES string of the molecule is CCc1nc(-c2ccc(Cl)c(F)c2)nn1CC(=O)CCc1cccc(F)c1. The second kappa shape index (κ2) is 8.39. The number of hydrogen-bond donors (Lipinski definition) is 0. The summed E-state index contributed by atoms with van der Waals surface area (Å²) in [5.41, 5.74) is 1.27. The van der Waals surface area contributed by atoms with E-state index in [0.29, 0.717) is 30.1 Å².